The Hall–Kier alpha value is -0.780. The van der Waals surface area contributed by atoms with Crippen molar-refractivity contribution in [3.05, 3.63) is 42.3 Å². The Morgan fingerprint density at radius 1 is 1.00 bits per heavy atom. The van der Waals surface area contributed by atoms with Crippen LogP contribution < -0.4 is 0 Å². The molecule has 17 heavy (non-hydrogen) atoms. The van der Waals surface area contributed by atoms with Gasteiger partial charge in [-0.2, -0.15) is 0 Å². The van der Waals surface area contributed by atoms with Crippen LogP contribution in [-0.2, 0) is 6.42 Å². The van der Waals surface area contributed by atoms with Crippen LogP contribution in [0.2, 0.25) is 0 Å². The third kappa shape index (κ3) is 3.59. The van der Waals surface area contributed by atoms with Gasteiger partial charge >= 0.3 is 0 Å². The Morgan fingerprint density at radius 2 is 1.76 bits per heavy atom. The highest BCUT2D eigenvalue weighted by molar-refractivity contribution is 5.30. The van der Waals surface area contributed by atoms with Crippen molar-refractivity contribution in [3.63, 3.8) is 0 Å². The summed E-state index contributed by atoms with van der Waals surface area (Å²) < 4.78 is 0. The molecule has 1 fully saturated rings. The van der Waals surface area contributed by atoms with Crippen LogP contribution >= 0.6 is 0 Å². The highest BCUT2D eigenvalue weighted by Gasteiger charge is 2.17. The van der Waals surface area contributed by atoms with E-state index in [0.29, 0.717) is 0 Å². The minimum Gasteiger partial charge on any atom is -0.0620 e. The predicted octanol–water partition coefficient (Wildman–Crippen LogP) is 5.28. The van der Waals surface area contributed by atoms with Gasteiger partial charge in [-0.3, -0.25) is 0 Å². The van der Waals surface area contributed by atoms with Crippen LogP contribution in [-0.4, -0.2) is 0 Å². The normalized spacial score (nSPS) is 17.2. The van der Waals surface area contributed by atoms with Gasteiger partial charge in [-0.05, 0) is 42.7 Å². The van der Waals surface area contributed by atoms with Crippen LogP contribution in [0, 0.1) is 6.92 Å². The van der Waals surface area contributed by atoms with Crippen molar-refractivity contribution in [1.29, 1.82) is 0 Å². The van der Waals surface area contributed by atoms with Gasteiger partial charge in [-0.1, -0.05) is 63.3 Å². The SMILES string of the molecule is [CH2]CCCCc1ccccc1C1CCCCC1. The molecule has 1 aliphatic rings. The molecule has 0 heteroatoms. The van der Waals surface area contributed by atoms with E-state index in [1.165, 1.54) is 51.4 Å². The highest BCUT2D eigenvalue weighted by Crippen LogP contribution is 2.34. The summed E-state index contributed by atoms with van der Waals surface area (Å²) >= 11 is 0. The van der Waals surface area contributed by atoms with Crippen LogP contribution in [0.1, 0.15) is 68.4 Å². The van der Waals surface area contributed by atoms with E-state index in [9.17, 15) is 0 Å². The largest absolute Gasteiger partial charge is 0.0620 e. The van der Waals surface area contributed by atoms with Gasteiger partial charge in [0.25, 0.3) is 0 Å². The first kappa shape index (κ1) is 12.7. The third-order valence-corrected chi connectivity index (χ3v) is 4.05. The zero-order valence-corrected chi connectivity index (χ0v) is 11.0. The fourth-order valence-electron chi connectivity index (χ4n) is 3.07. The number of unbranched alkanes of at least 4 members (excludes halogenated alkanes) is 2. The van der Waals surface area contributed by atoms with Crippen LogP contribution in [0.25, 0.3) is 0 Å². The third-order valence-electron chi connectivity index (χ3n) is 4.05. The van der Waals surface area contributed by atoms with Crippen molar-refractivity contribution in [2.24, 2.45) is 0 Å². The maximum absolute atomic E-state index is 3.93. The van der Waals surface area contributed by atoms with E-state index >= 15 is 0 Å². The molecular weight excluding hydrogens is 204 g/mol. The molecule has 2 rings (SSSR count). The van der Waals surface area contributed by atoms with Crippen molar-refractivity contribution < 1.29 is 0 Å². The highest BCUT2D eigenvalue weighted by atomic mass is 14.2. The maximum Gasteiger partial charge on any atom is -0.0159 e. The Bertz CT molecular complexity index is 321. The summed E-state index contributed by atoms with van der Waals surface area (Å²) in [4.78, 5) is 0. The quantitative estimate of drug-likeness (QED) is 0.602. The fraction of sp³-hybridized carbons (Fsp3) is 0.588. The van der Waals surface area contributed by atoms with Crippen LogP contribution in [0.15, 0.2) is 24.3 Å². The monoisotopic (exact) mass is 229 g/mol. The summed E-state index contributed by atoms with van der Waals surface area (Å²) in [7, 11) is 0. The predicted molar refractivity (Wildman–Crippen MR) is 75.2 cm³/mol. The standard InChI is InChI=1S/C17H25/c1-2-3-5-10-15-13-8-9-14-17(15)16-11-6-4-7-12-16/h8-9,13-14,16H,1-7,10-12H2. The van der Waals surface area contributed by atoms with Crippen LogP contribution in [0.5, 0.6) is 0 Å². The molecule has 1 aromatic carbocycles. The van der Waals surface area contributed by atoms with Gasteiger partial charge < -0.3 is 0 Å². The fourth-order valence-corrected chi connectivity index (χ4v) is 3.07. The summed E-state index contributed by atoms with van der Waals surface area (Å²) in [5, 5.41) is 0. The van der Waals surface area contributed by atoms with Crippen LogP contribution in [0.3, 0.4) is 0 Å². The van der Waals surface area contributed by atoms with Gasteiger partial charge in [0.05, 0.1) is 0 Å². The average Bonchev–Trinajstić information content (AvgIpc) is 2.41. The van der Waals surface area contributed by atoms with Gasteiger partial charge in [-0.25, -0.2) is 0 Å². The average molecular weight is 229 g/mol. The summed E-state index contributed by atoms with van der Waals surface area (Å²) in [6.45, 7) is 3.93. The molecule has 0 atom stereocenters. The molecule has 0 aromatic heterocycles. The zero-order valence-electron chi connectivity index (χ0n) is 11.0. The summed E-state index contributed by atoms with van der Waals surface area (Å²) in [6.07, 6.45) is 12.0. The van der Waals surface area contributed by atoms with Crippen LogP contribution in [0.4, 0.5) is 0 Å². The lowest BCUT2D eigenvalue weighted by Crippen LogP contribution is -2.07. The van der Waals surface area contributed by atoms with Crippen molar-refractivity contribution in [3.8, 4) is 0 Å². The van der Waals surface area contributed by atoms with Gasteiger partial charge in [-0.15, -0.1) is 0 Å². The van der Waals surface area contributed by atoms with Gasteiger partial charge in [0.15, 0.2) is 0 Å². The first-order chi connectivity index (χ1) is 8.42. The van der Waals surface area contributed by atoms with Crippen molar-refractivity contribution >= 4 is 0 Å². The van der Waals surface area contributed by atoms with E-state index in [0.717, 1.165) is 12.3 Å². The Labute approximate surface area is 106 Å². The molecule has 0 N–H and O–H groups in total. The molecule has 0 unspecified atom stereocenters. The molecule has 0 aliphatic heterocycles. The lowest BCUT2D eigenvalue weighted by molar-refractivity contribution is 0.441. The molecule has 1 radical (unpaired) electrons. The number of aryl methyl sites for hydroxylation is 1. The van der Waals surface area contributed by atoms with E-state index < -0.39 is 0 Å². The zero-order chi connectivity index (χ0) is 11.9. The first-order valence-electron chi connectivity index (χ1n) is 7.29. The number of hydrogen-bond acceptors (Lipinski definition) is 0. The molecular formula is C17H25. The molecule has 93 valence electrons. The molecule has 1 aromatic rings. The smallest absolute Gasteiger partial charge is 0.0159 e. The Morgan fingerprint density at radius 3 is 2.53 bits per heavy atom. The molecule has 0 bridgehead atoms. The van der Waals surface area contributed by atoms with Crippen molar-refractivity contribution in [1.82, 2.24) is 0 Å². The van der Waals surface area contributed by atoms with Crippen molar-refractivity contribution in [2.75, 3.05) is 0 Å². The molecule has 0 spiro atoms. The second-order valence-electron chi connectivity index (χ2n) is 5.34. The van der Waals surface area contributed by atoms with Crippen molar-refractivity contribution in [2.45, 2.75) is 63.7 Å². The van der Waals surface area contributed by atoms with E-state index in [1.54, 1.807) is 11.1 Å². The Balaban J connectivity index is 2.03. The number of hydrogen-bond donors (Lipinski definition) is 0. The molecule has 0 nitrogen and oxygen atoms in total. The summed E-state index contributed by atoms with van der Waals surface area (Å²) in [5.41, 5.74) is 3.25. The van der Waals surface area contributed by atoms with E-state index in [-0.39, 0.29) is 0 Å². The van der Waals surface area contributed by atoms with E-state index in [2.05, 4.69) is 31.2 Å². The number of rotatable bonds is 5. The lowest BCUT2D eigenvalue weighted by atomic mass is 9.81. The second-order valence-corrected chi connectivity index (χ2v) is 5.34. The minimum absolute atomic E-state index is 0.847. The topological polar surface area (TPSA) is 0 Å². The van der Waals surface area contributed by atoms with Gasteiger partial charge in [0, 0.05) is 0 Å². The molecule has 0 amide bonds. The van der Waals surface area contributed by atoms with Gasteiger partial charge in [0.2, 0.25) is 0 Å². The molecule has 1 saturated carbocycles. The van der Waals surface area contributed by atoms with Gasteiger partial charge in [0.1, 0.15) is 0 Å². The minimum atomic E-state index is 0.847. The second kappa shape index (κ2) is 6.83. The first-order valence-corrected chi connectivity index (χ1v) is 7.29. The van der Waals surface area contributed by atoms with E-state index in [4.69, 9.17) is 0 Å². The molecule has 1 aliphatic carbocycles. The lowest BCUT2D eigenvalue weighted by Gasteiger charge is -2.24. The summed E-state index contributed by atoms with van der Waals surface area (Å²) in [6, 6.07) is 9.13. The maximum atomic E-state index is 3.93. The Kier molecular flexibility index (Phi) is 5.09. The molecule has 0 heterocycles. The van der Waals surface area contributed by atoms with E-state index in [1.807, 2.05) is 0 Å². The summed E-state index contributed by atoms with van der Waals surface area (Å²) in [5.74, 6) is 0.847. The number of benzene rings is 1. The molecule has 0 saturated heterocycles.